The minimum atomic E-state index is -0.267. The molecule has 0 spiro atoms. The summed E-state index contributed by atoms with van der Waals surface area (Å²) in [6.45, 7) is 9.70. The molecule has 0 aromatic rings. The Labute approximate surface area is 245 Å². The third-order valence-corrected chi connectivity index (χ3v) is 8.61. The van der Waals surface area contributed by atoms with Crippen molar-refractivity contribution < 1.29 is 28.7 Å². The quantitative estimate of drug-likeness (QED) is 0.0984. The molecule has 12 heteroatoms. The predicted octanol–water partition coefficient (Wildman–Crippen LogP) is 5.44. The van der Waals surface area contributed by atoms with E-state index in [1.807, 2.05) is 27.7 Å². The smallest absolute Gasteiger partial charge is 0.305 e. The average Bonchev–Trinajstić information content (AvgIpc) is 3.29. The molecule has 2 fully saturated rings. The van der Waals surface area contributed by atoms with Crippen molar-refractivity contribution in [3.8, 4) is 0 Å². The molecular formula is C26H38N2O6S4. The molecule has 2 amide bonds. The molecule has 0 atom stereocenters. The second-order valence-electron chi connectivity index (χ2n) is 10.1. The highest BCUT2D eigenvalue weighted by Gasteiger charge is 2.41. The number of thioether (sulfide) groups is 2. The van der Waals surface area contributed by atoms with Crippen LogP contribution in [0.1, 0.15) is 79.1 Å². The standard InChI is InChI=1S/C26H38N2O6S4/c1-17(2)15-33-19(29)11-7-5-9-13-27-23(31)21(37-25(27)35)22-24(32)28(26(36)38-22)14-10-6-8-12-20(30)34-16-18(3)4/h17-18H,5-16H2,1-4H3. The number of hydrogen-bond donors (Lipinski definition) is 0. The fourth-order valence-electron chi connectivity index (χ4n) is 3.55. The van der Waals surface area contributed by atoms with Crippen LogP contribution in [-0.2, 0) is 28.7 Å². The molecule has 212 valence electrons. The number of hydrogen-bond acceptors (Lipinski definition) is 10. The highest BCUT2D eigenvalue weighted by atomic mass is 32.2. The van der Waals surface area contributed by atoms with Crippen LogP contribution < -0.4 is 0 Å². The molecule has 0 unspecified atom stereocenters. The van der Waals surface area contributed by atoms with Crippen LogP contribution in [0, 0.1) is 11.8 Å². The predicted molar refractivity (Wildman–Crippen MR) is 159 cm³/mol. The van der Waals surface area contributed by atoms with Crippen LogP contribution in [0.15, 0.2) is 9.81 Å². The molecule has 0 aliphatic carbocycles. The minimum absolute atomic E-state index is 0.199. The highest BCUT2D eigenvalue weighted by molar-refractivity contribution is 8.29. The van der Waals surface area contributed by atoms with Gasteiger partial charge in [0, 0.05) is 25.9 Å². The second kappa shape index (κ2) is 16.6. The van der Waals surface area contributed by atoms with Crippen molar-refractivity contribution in [2.45, 2.75) is 79.1 Å². The summed E-state index contributed by atoms with van der Waals surface area (Å²) < 4.78 is 11.2. The van der Waals surface area contributed by atoms with Gasteiger partial charge in [-0.3, -0.25) is 29.0 Å². The van der Waals surface area contributed by atoms with Gasteiger partial charge in [-0.05, 0) is 37.5 Å². The number of nitrogens with zero attached hydrogens (tertiary/aromatic N) is 2. The Morgan fingerprint density at radius 2 is 1.05 bits per heavy atom. The molecule has 38 heavy (non-hydrogen) atoms. The monoisotopic (exact) mass is 602 g/mol. The zero-order valence-corrected chi connectivity index (χ0v) is 25.9. The van der Waals surface area contributed by atoms with E-state index in [9.17, 15) is 19.2 Å². The lowest BCUT2D eigenvalue weighted by Gasteiger charge is -2.14. The van der Waals surface area contributed by atoms with Crippen molar-refractivity contribution in [3.63, 3.8) is 0 Å². The summed E-state index contributed by atoms with van der Waals surface area (Å²) in [4.78, 5) is 53.3. The summed E-state index contributed by atoms with van der Waals surface area (Å²) in [5, 5.41) is 0. The van der Waals surface area contributed by atoms with Crippen LogP contribution in [0.5, 0.6) is 0 Å². The molecule has 0 bridgehead atoms. The zero-order chi connectivity index (χ0) is 28.2. The molecule has 2 rings (SSSR count). The number of carbonyl (C=O) groups excluding carboxylic acids is 4. The van der Waals surface area contributed by atoms with E-state index in [2.05, 4.69) is 0 Å². The van der Waals surface area contributed by atoms with Crippen LogP contribution in [0.4, 0.5) is 0 Å². The largest absolute Gasteiger partial charge is 0.465 e. The molecule has 2 aliphatic heterocycles. The van der Waals surface area contributed by atoms with Crippen LogP contribution in [0.3, 0.4) is 0 Å². The second-order valence-corrected chi connectivity index (χ2v) is 13.4. The Kier molecular flexibility index (Phi) is 14.3. The van der Waals surface area contributed by atoms with Crippen LogP contribution in [-0.4, -0.2) is 68.5 Å². The maximum absolute atomic E-state index is 13.1. The highest BCUT2D eigenvalue weighted by Crippen LogP contribution is 2.42. The van der Waals surface area contributed by atoms with Crippen molar-refractivity contribution in [2.75, 3.05) is 26.3 Å². The number of rotatable bonds is 16. The Morgan fingerprint density at radius 3 is 1.39 bits per heavy atom. The fraction of sp³-hybridized carbons (Fsp3) is 0.692. The summed E-state index contributed by atoms with van der Waals surface area (Å²) in [6.07, 6.45) is 5.01. The summed E-state index contributed by atoms with van der Waals surface area (Å²) >= 11 is 13.1. The molecule has 8 nitrogen and oxygen atoms in total. The molecule has 0 saturated carbocycles. The molecule has 0 radical (unpaired) electrons. The Bertz CT molecular complexity index is 876. The number of ether oxygens (including phenoxy) is 2. The van der Waals surface area contributed by atoms with E-state index in [1.165, 1.54) is 9.80 Å². The number of thiocarbonyl (C=S) groups is 2. The Morgan fingerprint density at radius 1 is 0.684 bits per heavy atom. The number of carbonyl (C=O) groups is 4. The van der Waals surface area contributed by atoms with Crippen LogP contribution in [0.2, 0.25) is 0 Å². The number of unbranched alkanes of at least 4 members (excludes halogenated alkanes) is 4. The van der Waals surface area contributed by atoms with E-state index >= 15 is 0 Å². The summed E-state index contributed by atoms with van der Waals surface area (Å²) in [5.41, 5.74) is 0. The molecule has 2 heterocycles. The molecule has 2 aliphatic rings. The van der Waals surface area contributed by atoms with Crippen molar-refractivity contribution >= 4 is 80.4 Å². The Balaban J connectivity index is 1.77. The van der Waals surface area contributed by atoms with E-state index in [1.54, 1.807) is 0 Å². The van der Waals surface area contributed by atoms with Gasteiger partial charge in [0.05, 0.1) is 23.0 Å². The average molecular weight is 603 g/mol. The van der Waals surface area contributed by atoms with E-state index in [-0.39, 0.29) is 23.8 Å². The maximum atomic E-state index is 13.1. The maximum Gasteiger partial charge on any atom is 0.305 e. The SMILES string of the molecule is CC(C)COC(=O)CCCCCN1C(=O)C(=C2SC(=S)N(CCCCCC(=O)OCC(C)C)C2=O)SC1=S. The van der Waals surface area contributed by atoms with Crippen molar-refractivity contribution in [1.82, 2.24) is 9.80 Å². The lowest BCUT2D eigenvalue weighted by molar-refractivity contribution is -0.145. The number of amides is 2. The van der Waals surface area contributed by atoms with E-state index in [0.717, 1.165) is 36.4 Å². The summed E-state index contributed by atoms with van der Waals surface area (Å²) in [7, 11) is 0. The molecule has 0 aromatic heterocycles. The van der Waals surface area contributed by atoms with Gasteiger partial charge >= 0.3 is 11.9 Å². The van der Waals surface area contributed by atoms with Crippen molar-refractivity contribution in [1.29, 1.82) is 0 Å². The van der Waals surface area contributed by atoms with Gasteiger partial charge in [0.1, 0.15) is 8.64 Å². The minimum Gasteiger partial charge on any atom is -0.465 e. The van der Waals surface area contributed by atoms with Crippen molar-refractivity contribution in [3.05, 3.63) is 9.81 Å². The first-order valence-electron chi connectivity index (χ1n) is 13.1. The molecular weight excluding hydrogens is 565 g/mol. The first-order chi connectivity index (χ1) is 18.0. The van der Waals surface area contributed by atoms with Crippen LogP contribution >= 0.6 is 48.0 Å². The van der Waals surface area contributed by atoms with Gasteiger partial charge in [-0.2, -0.15) is 0 Å². The van der Waals surface area contributed by atoms with Gasteiger partial charge in [-0.15, -0.1) is 0 Å². The third-order valence-electron chi connectivity index (χ3n) is 5.59. The van der Waals surface area contributed by atoms with E-state index in [0.29, 0.717) is 95.1 Å². The Hall–Kier alpha value is -1.50. The normalized spacial score (nSPS) is 17.9. The van der Waals surface area contributed by atoms with Crippen molar-refractivity contribution in [2.24, 2.45) is 11.8 Å². The zero-order valence-electron chi connectivity index (χ0n) is 22.6. The van der Waals surface area contributed by atoms with Gasteiger partial charge in [0.2, 0.25) is 0 Å². The van der Waals surface area contributed by atoms with Crippen LogP contribution in [0.25, 0.3) is 0 Å². The molecule has 2 saturated heterocycles. The molecule has 0 N–H and O–H groups in total. The van der Waals surface area contributed by atoms with Gasteiger partial charge in [0.15, 0.2) is 0 Å². The lowest BCUT2D eigenvalue weighted by Crippen LogP contribution is -2.31. The first kappa shape index (κ1) is 32.7. The molecule has 0 aromatic carbocycles. The first-order valence-corrected chi connectivity index (χ1v) is 15.6. The van der Waals surface area contributed by atoms with Gasteiger partial charge in [0.25, 0.3) is 11.8 Å². The fourth-order valence-corrected chi connectivity index (χ4v) is 6.32. The van der Waals surface area contributed by atoms with Gasteiger partial charge < -0.3 is 9.47 Å². The number of esters is 2. The third kappa shape index (κ3) is 10.6. The summed E-state index contributed by atoms with van der Waals surface area (Å²) in [6, 6.07) is 0. The summed E-state index contributed by atoms with van der Waals surface area (Å²) in [5.74, 6) is -0.311. The lowest BCUT2D eigenvalue weighted by atomic mass is 10.2. The van der Waals surface area contributed by atoms with E-state index < -0.39 is 0 Å². The topological polar surface area (TPSA) is 93.2 Å². The van der Waals surface area contributed by atoms with Gasteiger partial charge in [-0.1, -0.05) is 88.5 Å². The van der Waals surface area contributed by atoms with Gasteiger partial charge in [-0.25, -0.2) is 0 Å². The van der Waals surface area contributed by atoms with E-state index in [4.69, 9.17) is 33.9 Å².